The lowest BCUT2D eigenvalue weighted by Gasteiger charge is -2.05. The molecule has 6 nitrogen and oxygen atoms in total. The van der Waals surface area contributed by atoms with Crippen LogP contribution in [0.1, 0.15) is 26.7 Å². The maximum atomic E-state index is 10.7. The van der Waals surface area contributed by atoms with Crippen LogP contribution < -0.4 is 0 Å². The molecule has 0 bridgehead atoms. The Hall–Kier alpha value is -1.72. The average Bonchev–Trinajstić information content (AvgIpc) is 1.99. The van der Waals surface area contributed by atoms with Gasteiger partial charge in [-0.05, 0) is 13.8 Å². The Balaban J connectivity index is 4.57. The lowest BCUT2D eigenvalue weighted by atomic mass is 10.2. The van der Waals surface area contributed by atoms with E-state index >= 15 is 0 Å². The van der Waals surface area contributed by atoms with Gasteiger partial charge in [-0.1, -0.05) is 0 Å². The molecular weight excluding hydrogens is 202 g/mol. The zero-order chi connectivity index (χ0) is 12.0. The first-order valence-electron chi connectivity index (χ1n) is 4.30. The molecule has 0 aromatic rings. The Morgan fingerprint density at radius 2 is 1.73 bits per heavy atom. The van der Waals surface area contributed by atoms with Crippen molar-refractivity contribution in [1.29, 1.82) is 0 Å². The number of nitrogens with zero attached hydrogens (tertiary/aromatic N) is 1. The highest BCUT2D eigenvalue weighted by atomic mass is 16.4. The van der Waals surface area contributed by atoms with Crippen LogP contribution in [0.15, 0.2) is 4.99 Å². The van der Waals surface area contributed by atoms with E-state index in [1.165, 1.54) is 13.8 Å². The van der Waals surface area contributed by atoms with E-state index in [0.29, 0.717) is 5.71 Å². The molecule has 1 atom stereocenters. The van der Waals surface area contributed by atoms with Gasteiger partial charge in [-0.3, -0.25) is 14.6 Å². The number of ketones is 1. The molecule has 84 valence electrons. The predicted octanol–water partition coefficient (Wildman–Crippen LogP) is 0.354. The highest BCUT2D eigenvalue weighted by Gasteiger charge is 2.20. The molecule has 0 aliphatic heterocycles. The smallest absolute Gasteiger partial charge is 0.329 e. The molecule has 0 rings (SSSR count). The molecule has 0 heterocycles. The van der Waals surface area contributed by atoms with Crippen LogP contribution in [0.2, 0.25) is 0 Å². The average molecular weight is 215 g/mol. The summed E-state index contributed by atoms with van der Waals surface area (Å²) >= 11 is 0. The molecule has 6 heteroatoms. The molecule has 0 unspecified atom stereocenters. The maximum absolute atomic E-state index is 10.7. The summed E-state index contributed by atoms with van der Waals surface area (Å²) in [6.07, 6.45) is -0.534. The number of hydrogen-bond donors (Lipinski definition) is 2. The third-order valence-corrected chi connectivity index (χ3v) is 1.53. The van der Waals surface area contributed by atoms with Crippen LogP contribution in [-0.4, -0.2) is 39.7 Å². The molecule has 0 amide bonds. The van der Waals surface area contributed by atoms with Gasteiger partial charge in [0.1, 0.15) is 5.78 Å². The Morgan fingerprint density at radius 3 is 2.07 bits per heavy atom. The SMILES string of the molecule is CC(=O)CC(C)=N[C@@H](CC(=O)O)C(=O)O. The van der Waals surface area contributed by atoms with Crippen molar-refractivity contribution in [3.05, 3.63) is 0 Å². The number of hydrogen-bond acceptors (Lipinski definition) is 4. The van der Waals surface area contributed by atoms with Crippen molar-refractivity contribution < 1.29 is 24.6 Å². The van der Waals surface area contributed by atoms with Gasteiger partial charge in [0.2, 0.25) is 0 Å². The molecule has 15 heavy (non-hydrogen) atoms. The summed E-state index contributed by atoms with van der Waals surface area (Å²) in [6, 6.07) is -1.32. The van der Waals surface area contributed by atoms with Crippen molar-refractivity contribution in [1.82, 2.24) is 0 Å². The highest BCUT2D eigenvalue weighted by molar-refractivity contribution is 6.00. The number of carbonyl (C=O) groups is 3. The number of Topliss-reactive ketones (excluding diaryl/α,β-unsaturated/α-hetero) is 1. The van der Waals surface area contributed by atoms with Crippen molar-refractivity contribution >= 4 is 23.4 Å². The van der Waals surface area contributed by atoms with Gasteiger partial charge in [-0.25, -0.2) is 4.79 Å². The normalized spacial score (nSPS) is 13.3. The van der Waals surface area contributed by atoms with Gasteiger partial charge in [0.25, 0.3) is 0 Å². The zero-order valence-electron chi connectivity index (χ0n) is 8.56. The molecule has 0 fully saturated rings. The molecule has 0 aromatic carbocycles. The number of carboxylic acid groups (broad SMARTS) is 2. The van der Waals surface area contributed by atoms with Crippen molar-refractivity contribution in [2.24, 2.45) is 4.99 Å². The van der Waals surface area contributed by atoms with E-state index < -0.39 is 24.4 Å². The first-order valence-corrected chi connectivity index (χ1v) is 4.30. The Labute approximate surface area is 86.6 Å². The third kappa shape index (κ3) is 6.36. The van der Waals surface area contributed by atoms with Gasteiger partial charge < -0.3 is 10.2 Å². The van der Waals surface area contributed by atoms with E-state index in [0.717, 1.165) is 0 Å². The lowest BCUT2D eigenvalue weighted by Crippen LogP contribution is -2.23. The molecule has 0 spiro atoms. The standard InChI is InChI=1S/C9H13NO5/c1-5(3-6(2)11)10-7(9(14)15)4-8(12)13/h7H,3-4H2,1-2H3,(H,12,13)(H,14,15)/t7-/m0/s1. The fraction of sp³-hybridized carbons (Fsp3) is 0.556. The second kappa shape index (κ2) is 5.90. The second-order valence-electron chi connectivity index (χ2n) is 3.20. The lowest BCUT2D eigenvalue weighted by molar-refractivity contribution is -0.144. The number of carboxylic acids is 2. The zero-order valence-corrected chi connectivity index (χ0v) is 8.56. The van der Waals surface area contributed by atoms with E-state index in [9.17, 15) is 14.4 Å². The fourth-order valence-corrected chi connectivity index (χ4v) is 1.03. The summed E-state index contributed by atoms with van der Waals surface area (Å²) in [6.45, 7) is 2.85. The van der Waals surface area contributed by atoms with Crippen LogP contribution in [-0.2, 0) is 14.4 Å². The minimum Gasteiger partial charge on any atom is -0.481 e. The molecule has 0 saturated heterocycles. The van der Waals surface area contributed by atoms with E-state index in [4.69, 9.17) is 10.2 Å². The summed E-state index contributed by atoms with van der Waals surface area (Å²) in [5.74, 6) is -2.68. The Morgan fingerprint density at radius 1 is 1.20 bits per heavy atom. The monoisotopic (exact) mass is 215 g/mol. The molecule has 0 aliphatic carbocycles. The van der Waals surface area contributed by atoms with Crippen LogP contribution in [0.3, 0.4) is 0 Å². The fourth-order valence-electron chi connectivity index (χ4n) is 1.03. The van der Waals surface area contributed by atoms with Crippen LogP contribution in [0.4, 0.5) is 0 Å². The van der Waals surface area contributed by atoms with Gasteiger partial charge in [0.15, 0.2) is 6.04 Å². The van der Waals surface area contributed by atoms with E-state index in [1.807, 2.05) is 0 Å². The van der Waals surface area contributed by atoms with E-state index in [2.05, 4.69) is 4.99 Å². The largest absolute Gasteiger partial charge is 0.481 e. The van der Waals surface area contributed by atoms with Crippen molar-refractivity contribution in [3.63, 3.8) is 0 Å². The van der Waals surface area contributed by atoms with Crippen LogP contribution in [0.5, 0.6) is 0 Å². The topological polar surface area (TPSA) is 104 Å². The highest BCUT2D eigenvalue weighted by Crippen LogP contribution is 2.01. The predicted molar refractivity (Wildman–Crippen MR) is 52.1 cm³/mol. The van der Waals surface area contributed by atoms with Crippen molar-refractivity contribution in [2.75, 3.05) is 0 Å². The van der Waals surface area contributed by atoms with Crippen LogP contribution in [0.25, 0.3) is 0 Å². The molecule has 0 radical (unpaired) electrons. The van der Waals surface area contributed by atoms with Gasteiger partial charge in [0, 0.05) is 12.1 Å². The molecule has 2 N–H and O–H groups in total. The summed E-state index contributed by atoms with van der Waals surface area (Å²) in [5, 5.41) is 17.1. The van der Waals surface area contributed by atoms with E-state index in [-0.39, 0.29) is 12.2 Å². The third-order valence-electron chi connectivity index (χ3n) is 1.53. The van der Waals surface area contributed by atoms with Gasteiger partial charge in [-0.2, -0.15) is 0 Å². The van der Waals surface area contributed by atoms with Gasteiger partial charge in [-0.15, -0.1) is 0 Å². The van der Waals surface area contributed by atoms with Gasteiger partial charge >= 0.3 is 11.9 Å². The first-order chi connectivity index (χ1) is 6.82. The first kappa shape index (κ1) is 13.3. The number of carbonyl (C=O) groups excluding carboxylic acids is 1. The molecule has 0 aliphatic rings. The number of rotatable bonds is 6. The maximum Gasteiger partial charge on any atom is 0.329 e. The molecular formula is C9H13NO5. The molecule has 0 saturated carbocycles. The van der Waals surface area contributed by atoms with Crippen molar-refractivity contribution in [2.45, 2.75) is 32.7 Å². The minimum atomic E-state index is -1.32. The minimum absolute atomic E-state index is 0.0450. The summed E-state index contributed by atoms with van der Waals surface area (Å²) < 4.78 is 0. The Kier molecular flexibility index (Phi) is 5.22. The molecule has 0 aromatic heterocycles. The number of aliphatic imine (C=N–C) groups is 1. The summed E-state index contributed by atoms with van der Waals surface area (Å²) in [7, 11) is 0. The van der Waals surface area contributed by atoms with Crippen LogP contribution in [0, 0.1) is 0 Å². The van der Waals surface area contributed by atoms with Gasteiger partial charge in [0.05, 0.1) is 6.42 Å². The van der Waals surface area contributed by atoms with Crippen LogP contribution >= 0.6 is 0 Å². The quantitative estimate of drug-likeness (QED) is 0.622. The van der Waals surface area contributed by atoms with Crippen molar-refractivity contribution in [3.8, 4) is 0 Å². The van der Waals surface area contributed by atoms with E-state index in [1.54, 1.807) is 0 Å². The Bertz CT molecular complexity index is 308. The number of aliphatic carboxylic acids is 2. The summed E-state index contributed by atoms with van der Waals surface area (Å²) in [5.41, 5.74) is 0.330. The second-order valence-corrected chi connectivity index (χ2v) is 3.20. The summed E-state index contributed by atoms with van der Waals surface area (Å²) in [4.78, 5) is 35.3.